The quantitative estimate of drug-likeness (QED) is 0.474. The molecule has 6 rings (SSSR count). The molecule has 1 amide bonds. The first-order chi connectivity index (χ1) is 17.4. The van der Waals surface area contributed by atoms with Crippen LogP contribution >= 0.6 is 0 Å². The van der Waals surface area contributed by atoms with Crippen molar-refractivity contribution >= 4 is 11.8 Å². The lowest BCUT2D eigenvalue weighted by molar-refractivity contribution is 0.101. The Morgan fingerprint density at radius 2 is 2.00 bits per heavy atom. The summed E-state index contributed by atoms with van der Waals surface area (Å²) in [6, 6.07) is 7.42. The lowest BCUT2D eigenvalue weighted by atomic mass is 9.96. The topological polar surface area (TPSA) is 111 Å². The smallest absolute Gasteiger partial charge is 0.414 e. The number of ether oxygens (including phenoxy) is 3. The molecule has 184 valence electrons. The second kappa shape index (κ2) is 8.23. The van der Waals surface area contributed by atoms with E-state index in [1.54, 1.807) is 0 Å². The number of carbonyl (C=O) groups excluding carboxylic acids is 1. The number of cyclic esters (lactones) is 1. The van der Waals surface area contributed by atoms with Crippen LogP contribution in [0.4, 0.5) is 23.7 Å². The fourth-order valence-corrected chi connectivity index (χ4v) is 5.05. The van der Waals surface area contributed by atoms with Gasteiger partial charge in [0.1, 0.15) is 24.1 Å². The summed E-state index contributed by atoms with van der Waals surface area (Å²) >= 11 is 0. The van der Waals surface area contributed by atoms with Crippen molar-refractivity contribution in [2.45, 2.75) is 11.5 Å². The summed E-state index contributed by atoms with van der Waals surface area (Å²) in [5.74, 6) is -3.72. The average Bonchev–Trinajstić information content (AvgIpc) is 3.41. The van der Waals surface area contributed by atoms with Crippen molar-refractivity contribution < 1.29 is 36.7 Å². The molecule has 4 heterocycles. The molecule has 1 aromatic carbocycles. The summed E-state index contributed by atoms with van der Waals surface area (Å²) in [6.45, 7) is 0.618. The standard InChI is InChI=1S/C24H17F3N4O5/c25-16-5-17(31-7-13(36-23(31)32)8-34-19-3-4-35-30-19)21(26)22(27)20(16)12-1-2-18(29-6-12)24(11-28)14-9-33-10-15(14)24/h1-6,13-15H,7-10H2/t13-,14-,15+,24?/m1/s1. The molecular weight excluding hydrogens is 481 g/mol. The average molecular weight is 498 g/mol. The van der Waals surface area contributed by atoms with Crippen molar-refractivity contribution in [3.8, 4) is 23.1 Å². The molecular formula is C24H17F3N4O5. The number of rotatable bonds is 6. The van der Waals surface area contributed by atoms with Gasteiger partial charge in [0, 0.05) is 35.7 Å². The van der Waals surface area contributed by atoms with Crippen molar-refractivity contribution in [2.24, 2.45) is 11.8 Å². The maximum atomic E-state index is 15.1. The highest BCUT2D eigenvalue weighted by molar-refractivity contribution is 5.90. The van der Waals surface area contributed by atoms with E-state index in [-0.39, 0.29) is 36.4 Å². The second-order valence-electron chi connectivity index (χ2n) is 8.81. The predicted molar refractivity (Wildman–Crippen MR) is 114 cm³/mol. The molecule has 2 saturated heterocycles. The van der Waals surface area contributed by atoms with Gasteiger partial charge in [0.2, 0.25) is 0 Å². The molecule has 12 heteroatoms. The highest BCUT2D eigenvalue weighted by Crippen LogP contribution is 2.62. The zero-order chi connectivity index (χ0) is 25.0. The minimum Gasteiger partial charge on any atom is -0.471 e. The van der Waals surface area contributed by atoms with Gasteiger partial charge < -0.3 is 18.7 Å². The minimum atomic E-state index is -1.47. The molecule has 2 aliphatic heterocycles. The van der Waals surface area contributed by atoms with Crippen LogP contribution in [0.15, 0.2) is 41.2 Å². The molecule has 3 fully saturated rings. The lowest BCUT2D eigenvalue weighted by Crippen LogP contribution is -2.28. The molecule has 1 aliphatic carbocycles. The molecule has 0 bridgehead atoms. The zero-order valence-electron chi connectivity index (χ0n) is 18.5. The first-order valence-corrected chi connectivity index (χ1v) is 11.1. The molecule has 36 heavy (non-hydrogen) atoms. The van der Waals surface area contributed by atoms with Gasteiger partial charge in [-0.15, -0.1) is 0 Å². The first-order valence-electron chi connectivity index (χ1n) is 11.1. The van der Waals surface area contributed by atoms with Gasteiger partial charge in [-0.25, -0.2) is 18.0 Å². The maximum Gasteiger partial charge on any atom is 0.414 e. The van der Waals surface area contributed by atoms with Crippen LogP contribution in [0, 0.1) is 40.6 Å². The van der Waals surface area contributed by atoms with E-state index < -0.39 is 46.3 Å². The number of carbonyl (C=O) groups is 1. The van der Waals surface area contributed by atoms with E-state index in [0.29, 0.717) is 18.9 Å². The highest BCUT2D eigenvalue weighted by atomic mass is 19.2. The fraction of sp³-hybridized carbons (Fsp3) is 0.333. The normalized spacial score (nSPS) is 26.4. The van der Waals surface area contributed by atoms with E-state index in [1.807, 2.05) is 0 Å². The van der Waals surface area contributed by atoms with Crippen LogP contribution in [0.5, 0.6) is 5.88 Å². The summed E-state index contributed by atoms with van der Waals surface area (Å²) in [7, 11) is 0. The molecule has 9 nitrogen and oxygen atoms in total. The number of aromatic nitrogens is 2. The third-order valence-electron chi connectivity index (χ3n) is 6.94. The van der Waals surface area contributed by atoms with Gasteiger partial charge in [-0.05, 0) is 11.2 Å². The molecule has 4 atom stereocenters. The highest BCUT2D eigenvalue weighted by Gasteiger charge is 2.70. The van der Waals surface area contributed by atoms with Crippen molar-refractivity contribution in [3.63, 3.8) is 0 Å². The Balaban J connectivity index is 1.24. The largest absolute Gasteiger partial charge is 0.471 e. The molecule has 3 aromatic rings. The fourth-order valence-electron chi connectivity index (χ4n) is 5.05. The Morgan fingerprint density at radius 1 is 1.19 bits per heavy atom. The number of hydrogen-bond donors (Lipinski definition) is 0. The SMILES string of the molecule is N#CC1(c2ccc(-c3c(F)cc(N4C[C@H](COc5ccon5)OC4=O)c(F)c3F)cn2)[C@@H]2COC[C@@H]21. The van der Waals surface area contributed by atoms with Crippen LogP contribution < -0.4 is 9.64 Å². The first kappa shape index (κ1) is 22.4. The maximum absolute atomic E-state index is 15.1. The van der Waals surface area contributed by atoms with Crippen LogP contribution in [0.25, 0.3) is 11.1 Å². The summed E-state index contributed by atoms with van der Waals surface area (Å²) in [5, 5.41) is 13.3. The number of amides is 1. The van der Waals surface area contributed by atoms with Gasteiger partial charge >= 0.3 is 6.09 Å². The van der Waals surface area contributed by atoms with Gasteiger partial charge in [-0.3, -0.25) is 9.88 Å². The van der Waals surface area contributed by atoms with E-state index in [9.17, 15) is 10.1 Å². The van der Waals surface area contributed by atoms with Gasteiger partial charge in [-0.2, -0.15) is 5.26 Å². The summed E-state index contributed by atoms with van der Waals surface area (Å²) < 4.78 is 65.6. The zero-order valence-corrected chi connectivity index (χ0v) is 18.5. The number of anilines is 1. The Labute approximate surface area is 202 Å². The predicted octanol–water partition coefficient (Wildman–Crippen LogP) is 3.60. The molecule has 3 aliphatic rings. The number of fused-ring (bicyclic) bond motifs is 1. The van der Waals surface area contributed by atoms with E-state index in [0.717, 1.165) is 11.0 Å². The van der Waals surface area contributed by atoms with E-state index >= 15 is 13.2 Å². The molecule has 0 radical (unpaired) electrons. The molecule has 0 spiro atoms. The van der Waals surface area contributed by atoms with Gasteiger partial charge in [-0.1, -0.05) is 6.07 Å². The van der Waals surface area contributed by atoms with Crippen LogP contribution in [-0.2, 0) is 14.9 Å². The Kier molecular flexibility index (Phi) is 5.11. The molecule has 1 saturated carbocycles. The van der Waals surface area contributed by atoms with Gasteiger partial charge in [0.05, 0.1) is 42.8 Å². The third kappa shape index (κ3) is 3.30. The molecule has 0 N–H and O–H groups in total. The Hall–Kier alpha value is -4.11. The number of pyridine rings is 1. The number of benzene rings is 1. The van der Waals surface area contributed by atoms with Crippen molar-refractivity contribution in [1.82, 2.24) is 10.1 Å². The second-order valence-corrected chi connectivity index (χ2v) is 8.81. The van der Waals surface area contributed by atoms with Crippen molar-refractivity contribution in [1.29, 1.82) is 5.26 Å². The summed E-state index contributed by atoms with van der Waals surface area (Å²) in [5.41, 5.74) is -1.51. The van der Waals surface area contributed by atoms with E-state index in [4.69, 9.17) is 14.2 Å². The van der Waals surface area contributed by atoms with Crippen LogP contribution in [0.1, 0.15) is 5.69 Å². The third-order valence-corrected chi connectivity index (χ3v) is 6.94. The number of halogens is 3. The summed E-state index contributed by atoms with van der Waals surface area (Å²) in [4.78, 5) is 17.4. The van der Waals surface area contributed by atoms with Gasteiger partial charge in [0.25, 0.3) is 5.88 Å². The number of nitrogens with zero attached hydrogens (tertiary/aromatic N) is 4. The van der Waals surface area contributed by atoms with E-state index in [1.165, 1.54) is 30.7 Å². The Bertz CT molecular complexity index is 1370. The Morgan fingerprint density at radius 3 is 2.67 bits per heavy atom. The molecule has 2 aromatic heterocycles. The summed E-state index contributed by atoms with van der Waals surface area (Å²) in [6.07, 6.45) is 0.712. The molecule has 1 unspecified atom stereocenters. The number of nitriles is 1. The minimum absolute atomic E-state index is 0.00256. The lowest BCUT2D eigenvalue weighted by Gasteiger charge is -2.17. The van der Waals surface area contributed by atoms with Crippen LogP contribution in [0.2, 0.25) is 0 Å². The van der Waals surface area contributed by atoms with Crippen molar-refractivity contribution in [2.75, 3.05) is 31.3 Å². The monoisotopic (exact) mass is 498 g/mol. The van der Waals surface area contributed by atoms with Crippen molar-refractivity contribution in [3.05, 3.63) is 59.9 Å². The van der Waals surface area contributed by atoms with Crippen LogP contribution in [-0.4, -0.2) is 48.7 Å². The number of hydrogen-bond acceptors (Lipinski definition) is 8. The van der Waals surface area contributed by atoms with E-state index in [2.05, 4.69) is 20.7 Å². The van der Waals surface area contributed by atoms with Crippen LogP contribution in [0.3, 0.4) is 0 Å². The van der Waals surface area contributed by atoms with Gasteiger partial charge in [0.15, 0.2) is 17.7 Å².